The highest BCUT2D eigenvalue weighted by atomic mass is 35.5. The Kier molecular flexibility index (Phi) is 4.87. The molecule has 1 aromatic rings. The summed E-state index contributed by atoms with van der Waals surface area (Å²) in [6.07, 6.45) is 2.03. The van der Waals surface area contributed by atoms with Crippen molar-refractivity contribution in [2.24, 2.45) is 11.7 Å². The molecule has 1 aromatic carbocycles. The minimum absolute atomic E-state index is 0. The van der Waals surface area contributed by atoms with Crippen LogP contribution in [-0.2, 0) is 0 Å². The van der Waals surface area contributed by atoms with E-state index < -0.39 is 23.1 Å². The zero-order chi connectivity index (χ0) is 13.3. The number of benzene rings is 1. The summed E-state index contributed by atoms with van der Waals surface area (Å²) in [4.78, 5) is 12.0. The summed E-state index contributed by atoms with van der Waals surface area (Å²) in [6, 6.07) is 2.91. The van der Waals surface area contributed by atoms with Crippen molar-refractivity contribution in [1.29, 1.82) is 0 Å². The molecule has 1 aliphatic carbocycles. The van der Waals surface area contributed by atoms with Gasteiger partial charge >= 0.3 is 0 Å². The van der Waals surface area contributed by atoms with E-state index in [1.165, 1.54) is 0 Å². The van der Waals surface area contributed by atoms with Gasteiger partial charge in [-0.3, -0.25) is 4.79 Å². The molecular formula is C13H17ClF2N2O. The van der Waals surface area contributed by atoms with Crippen molar-refractivity contribution < 1.29 is 13.6 Å². The number of amides is 1. The molecular weight excluding hydrogens is 274 g/mol. The molecule has 3 N–H and O–H groups in total. The molecule has 1 aliphatic rings. The van der Waals surface area contributed by atoms with Gasteiger partial charge in [0.1, 0.15) is 11.6 Å². The van der Waals surface area contributed by atoms with E-state index in [1.807, 2.05) is 6.92 Å². The zero-order valence-electron chi connectivity index (χ0n) is 10.6. The fourth-order valence-electron chi connectivity index (χ4n) is 2.04. The fourth-order valence-corrected chi connectivity index (χ4v) is 2.04. The topological polar surface area (TPSA) is 55.1 Å². The molecule has 2 rings (SSSR count). The Morgan fingerprint density at radius 1 is 1.47 bits per heavy atom. The third-order valence-electron chi connectivity index (χ3n) is 3.48. The molecule has 106 valence electrons. The highest BCUT2D eigenvalue weighted by molar-refractivity contribution is 5.95. The third kappa shape index (κ3) is 3.42. The standard InChI is InChI=1S/C13H16F2N2O.ClH/c1-13(7-16,8-2-3-8)17-12(18)10-5-4-9(14)6-11(10)15;/h4-6,8H,2-3,7,16H2,1H3,(H,17,18);1H. The predicted octanol–water partition coefficient (Wildman–Crippen LogP) is 2.24. The van der Waals surface area contributed by atoms with E-state index >= 15 is 0 Å². The molecule has 0 saturated heterocycles. The number of carbonyl (C=O) groups excluding carboxylic acids is 1. The van der Waals surface area contributed by atoms with Crippen LogP contribution < -0.4 is 11.1 Å². The lowest BCUT2D eigenvalue weighted by molar-refractivity contribution is 0.0893. The Morgan fingerprint density at radius 3 is 2.58 bits per heavy atom. The second-order valence-corrected chi connectivity index (χ2v) is 4.97. The van der Waals surface area contributed by atoms with Crippen LogP contribution in [0.3, 0.4) is 0 Å². The maximum absolute atomic E-state index is 13.5. The van der Waals surface area contributed by atoms with Crippen molar-refractivity contribution in [3.05, 3.63) is 35.4 Å². The van der Waals surface area contributed by atoms with Gasteiger partial charge in [0.25, 0.3) is 5.91 Å². The Bertz CT molecular complexity index is 480. The number of nitrogens with two attached hydrogens (primary N) is 1. The van der Waals surface area contributed by atoms with Gasteiger partial charge in [0.2, 0.25) is 0 Å². The highest BCUT2D eigenvalue weighted by Crippen LogP contribution is 2.39. The average molecular weight is 291 g/mol. The van der Waals surface area contributed by atoms with Crippen LogP contribution in [-0.4, -0.2) is 18.0 Å². The summed E-state index contributed by atoms with van der Waals surface area (Å²) < 4.78 is 26.2. The maximum atomic E-state index is 13.5. The van der Waals surface area contributed by atoms with Crippen molar-refractivity contribution in [3.63, 3.8) is 0 Å². The van der Waals surface area contributed by atoms with Crippen molar-refractivity contribution >= 4 is 18.3 Å². The van der Waals surface area contributed by atoms with Gasteiger partial charge in [-0.1, -0.05) is 0 Å². The molecule has 0 radical (unpaired) electrons. The van der Waals surface area contributed by atoms with Crippen LogP contribution in [0.15, 0.2) is 18.2 Å². The Balaban J connectivity index is 0.00000180. The molecule has 6 heteroatoms. The number of hydrogen-bond donors (Lipinski definition) is 2. The monoisotopic (exact) mass is 290 g/mol. The van der Waals surface area contributed by atoms with Crippen molar-refractivity contribution in [2.75, 3.05) is 6.54 Å². The molecule has 0 spiro atoms. The van der Waals surface area contributed by atoms with Gasteiger partial charge in [0.05, 0.1) is 11.1 Å². The number of rotatable bonds is 4. The van der Waals surface area contributed by atoms with E-state index in [1.54, 1.807) is 0 Å². The van der Waals surface area contributed by atoms with Crippen LogP contribution in [0.25, 0.3) is 0 Å². The lowest BCUT2D eigenvalue weighted by atomic mass is 9.95. The van der Waals surface area contributed by atoms with E-state index in [0.717, 1.165) is 25.0 Å². The molecule has 1 fully saturated rings. The lowest BCUT2D eigenvalue weighted by Gasteiger charge is -2.29. The van der Waals surface area contributed by atoms with E-state index in [0.29, 0.717) is 18.5 Å². The molecule has 1 amide bonds. The Hall–Kier alpha value is -1.20. The van der Waals surface area contributed by atoms with Gasteiger partial charge in [-0.05, 0) is 37.8 Å². The van der Waals surface area contributed by atoms with E-state index in [4.69, 9.17) is 5.73 Å². The van der Waals surface area contributed by atoms with Crippen LogP contribution in [0, 0.1) is 17.6 Å². The summed E-state index contributed by atoms with van der Waals surface area (Å²) >= 11 is 0. The van der Waals surface area contributed by atoms with E-state index in [-0.39, 0.29) is 18.0 Å². The summed E-state index contributed by atoms with van der Waals surface area (Å²) in [5.41, 5.74) is 5.00. The summed E-state index contributed by atoms with van der Waals surface area (Å²) in [6.45, 7) is 2.15. The smallest absolute Gasteiger partial charge is 0.254 e. The average Bonchev–Trinajstić information content (AvgIpc) is 3.12. The number of carbonyl (C=O) groups is 1. The number of nitrogens with one attached hydrogen (secondary N) is 1. The first-order valence-corrected chi connectivity index (χ1v) is 5.94. The van der Waals surface area contributed by atoms with E-state index in [2.05, 4.69) is 5.32 Å². The van der Waals surface area contributed by atoms with Crippen LogP contribution in [0.1, 0.15) is 30.1 Å². The molecule has 0 bridgehead atoms. The van der Waals surface area contributed by atoms with Gasteiger partial charge in [-0.2, -0.15) is 0 Å². The maximum Gasteiger partial charge on any atom is 0.254 e. The summed E-state index contributed by atoms with van der Waals surface area (Å²) in [5.74, 6) is -1.77. The second kappa shape index (κ2) is 5.84. The Morgan fingerprint density at radius 2 is 2.11 bits per heavy atom. The van der Waals surface area contributed by atoms with Crippen molar-refractivity contribution in [3.8, 4) is 0 Å². The predicted molar refractivity (Wildman–Crippen MR) is 71.3 cm³/mol. The first-order chi connectivity index (χ1) is 8.46. The van der Waals surface area contributed by atoms with Crippen LogP contribution in [0.2, 0.25) is 0 Å². The molecule has 0 heterocycles. The Labute approximate surface area is 117 Å². The number of hydrogen-bond acceptors (Lipinski definition) is 2. The van der Waals surface area contributed by atoms with Crippen molar-refractivity contribution in [1.82, 2.24) is 5.32 Å². The van der Waals surface area contributed by atoms with Crippen LogP contribution in [0.5, 0.6) is 0 Å². The first-order valence-electron chi connectivity index (χ1n) is 5.94. The summed E-state index contributed by atoms with van der Waals surface area (Å²) in [5, 5.41) is 2.76. The van der Waals surface area contributed by atoms with Gasteiger partial charge in [-0.15, -0.1) is 12.4 Å². The van der Waals surface area contributed by atoms with Gasteiger partial charge in [0.15, 0.2) is 0 Å². The molecule has 19 heavy (non-hydrogen) atoms. The quantitative estimate of drug-likeness (QED) is 0.893. The molecule has 1 atom stereocenters. The zero-order valence-corrected chi connectivity index (χ0v) is 11.4. The molecule has 0 aliphatic heterocycles. The van der Waals surface area contributed by atoms with Gasteiger partial charge in [0, 0.05) is 12.6 Å². The van der Waals surface area contributed by atoms with Crippen LogP contribution >= 0.6 is 12.4 Å². The SMILES string of the molecule is CC(CN)(NC(=O)c1ccc(F)cc1F)C1CC1.Cl. The van der Waals surface area contributed by atoms with Gasteiger partial charge < -0.3 is 11.1 Å². The molecule has 1 unspecified atom stereocenters. The highest BCUT2D eigenvalue weighted by Gasteiger charge is 2.41. The van der Waals surface area contributed by atoms with Gasteiger partial charge in [-0.25, -0.2) is 8.78 Å². The largest absolute Gasteiger partial charge is 0.345 e. The molecule has 3 nitrogen and oxygen atoms in total. The summed E-state index contributed by atoms with van der Waals surface area (Å²) in [7, 11) is 0. The fraction of sp³-hybridized carbons (Fsp3) is 0.462. The second-order valence-electron chi connectivity index (χ2n) is 4.97. The normalized spacial score (nSPS) is 17.3. The minimum Gasteiger partial charge on any atom is -0.345 e. The minimum atomic E-state index is -0.859. The van der Waals surface area contributed by atoms with Crippen molar-refractivity contribution in [2.45, 2.75) is 25.3 Å². The third-order valence-corrected chi connectivity index (χ3v) is 3.48. The number of halogens is 3. The van der Waals surface area contributed by atoms with E-state index in [9.17, 15) is 13.6 Å². The molecule has 1 saturated carbocycles. The lowest BCUT2D eigenvalue weighted by Crippen LogP contribution is -2.53. The molecule has 0 aromatic heterocycles. The first kappa shape index (κ1) is 15.9. The van der Waals surface area contributed by atoms with Crippen LogP contribution in [0.4, 0.5) is 8.78 Å².